The molecule has 0 unspecified atom stereocenters. The first-order valence-corrected chi connectivity index (χ1v) is 50.3. The van der Waals surface area contributed by atoms with Crippen molar-refractivity contribution in [2.45, 2.75) is 0 Å². The van der Waals surface area contributed by atoms with E-state index in [1.165, 1.54) is 39.2 Å². The summed E-state index contributed by atoms with van der Waals surface area (Å²) in [6.07, 6.45) is 6.69. The second-order valence-electron chi connectivity index (χ2n) is 30.8. The first-order valence-electron chi connectivity index (χ1n) is 41.8. The van der Waals surface area contributed by atoms with Crippen molar-refractivity contribution in [1.29, 1.82) is 10.5 Å². The molecule has 25 nitrogen and oxygen atoms in total. The van der Waals surface area contributed by atoms with Gasteiger partial charge in [0.1, 0.15) is 0 Å². The number of anilines is 12. The maximum absolute atomic E-state index is 12.8. The molecule has 4 aromatic heterocycles. The zero-order valence-corrected chi connectivity index (χ0v) is 84.7. The molecular formula is C105H75N17O8S4Se4. The Labute approximate surface area is 840 Å². The van der Waals surface area contributed by atoms with Crippen LogP contribution in [0, 0.1) is 42.4 Å². The van der Waals surface area contributed by atoms with Gasteiger partial charge in [0.2, 0.25) is 0 Å². The molecule has 0 atom stereocenters. The molecule has 0 radical (unpaired) electrons. The fourth-order valence-electron chi connectivity index (χ4n) is 15.1. The van der Waals surface area contributed by atoms with Gasteiger partial charge in [0, 0.05) is 0 Å². The van der Waals surface area contributed by atoms with Gasteiger partial charge in [-0.2, -0.15) is 0 Å². The SMILES string of the molecule is CN1C(=O)C(=Cc2ccc(N(c3ccccc3)c3ccc(C#N)cc3)[se]2)C(=O)N(C)C1=S.[C-]#[N+]c1ccc(N(c2ccc(C=C3C(=O)N(C)C(=S)N(C)C3=O)[se]2)c2ccc(C#N)c3ccccc23)cc1.[C-]#[N+]c1ccc(N(c2ccc(C=C3C(=O)N(C)C(=S)N(C)C3=O)[se]2)c2cccc3ccccc23)cc1.[C-]#[N+]c1ccc(N(c2ccccc2)c2ccc(C=C3C(=O)N(C)C(=S)N(C)C3=O)[se]2)cc1. The average Bonchev–Trinajstić information content (AvgIpc) is 1.49. The van der Waals surface area contributed by atoms with Crippen LogP contribution < -0.4 is 19.6 Å². The number of hydrogen-bond donors (Lipinski definition) is 0. The van der Waals surface area contributed by atoms with Crippen molar-refractivity contribution in [1.82, 2.24) is 39.2 Å². The molecule has 4 saturated heterocycles. The van der Waals surface area contributed by atoms with Gasteiger partial charge >= 0.3 is 848 Å². The van der Waals surface area contributed by atoms with Gasteiger partial charge in [-0.25, -0.2) is 0 Å². The monoisotopic (exact) mass is 2150 g/mol. The van der Waals surface area contributed by atoms with E-state index in [4.69, 9.17) is 73.8 Å². The Kier molecular flexibility index (Phi) is 29.9. The van der Waals surface area contributed by atoms with Gasteiger partial charge in [0.15, 0.2) is 0 Å². The molecule has 4 fully saturated rings. The standard InChI is InChI=1S/C29H19N5O2SSe.C28H20N4O2SSe.2C24H18N4O2SSe/c1-31-19-9-11-20(12-10-19)34(25-14-8-18(17-30)22-6-4-5-7-23(22)25)26-15-13-21(38-26)16-24-27(35)32(2)29(37)33(3)28(24)36;1-29-19-11-13-20(14-12-19)32(24-10-6-8-18-7-4-5-9-22(18)24)25-16-15-21(36-25)17-23-26(33)30(2)28(35)31(3)27(23)34;1-25-16-9-11-18(12-10-16)28(17-7-5-4-6-8-17)21-14-13-19(32-21)15-20-22(29)26(2)24(31)27(3)23(20)30;1-26-22(29)20(23(30)27(2)24(26)31)14-19-12-13-21(32-19)28(17-6-4-3-5-7-17)18-10-8-16(15-25)9-11-18/h4-16H,2-3H3;4-17H,2-3H3;4-15H,2-3H3;3-14H,1-2H3. The number of para-hydroxylation sites is 2. The summed E-state index contributed by atoms with van der Waals surface area (Å²) in [6, 6.07) is 95.7. The summed E-state index contributed by atoms with van der Waals surface area (Å²) in [4.78, 5) is 131. The van der Waals surface area contributed by atoms with E-state index in [9.17, 15) is 43.6 Å². The van der Waals surface area contributed by atoms with Crippen LogP contribution in [0.1, 0.15) is 28.9 Å². The molecule has 14 aromatic rings. The quantitative estimate of drug-likeness (QED) is 0.0287. The summed E-state index contributed by atoms with van der Waals surface area (Å²) >= 11 is 20.0. The number of rotatable bonds is 16. The Morgan fingerprint density at radius 2 is 0.536 bits per heavy atom. The predicted molar refractivity (Wildman–Crippen MR) is 560 cm³/mol. The Morgan fingerprint density at radius 3 is 0.848 bits per heavy atom. The normalized spacial score (nSPS) is 13.8. The van der Waals surface area contributed by atoms with E-state index in [-0.39, 0.29) is 101 Å². The number of carbonyl (C=O) groups is 8. The Hall–Kier alpha value is -15.6. The molecule has 676 valence electrons. The van der Waals surface area contributed by atoms with Gasteiger partial charge in [-0.05, 0) is 0 Å². The molecule has 0 saturated carbocycles. The van der Waals surface area contributed by atoms with Crippen molar-refractivity contribution in [3.05, 3.63) is 371 Å². The number of amides is 8. The fraction of sp³-hybridized carbons (Fsp3) is 0.0762. The van der Waals surface area contributed by atoms with Crippen LogP contribution in [0.15, 0.2) is 307 Å². The van der Waals surface area contributed by atoms with E-state index in [0.29, 0.717) is 28.2 Å². The predicted octanol–water partition coefficient (Wildman–Crippen LogP) is 19.0. The van der Waals surface area contributed by atoms with E-state index in [2.05, 4.69) is 70.5 Å². The Balaban J connectivity index is 0.000000140. The molecule has 33 heteroatoms. The number of nitriles is 2. The third-order valence-corrected chi connectivity index (χ3v) is 33.0. The van der Waals surface area contributed by atoms with Crippen molar-refractivity contribution < 1.29 is 38.4 Å². The molecule has 0 bridgehead atoms. The zero-order valence-electron chi connectivity index (χ0n) is 74.6. The number of benzene rings is 10. The zero-order chi connectivity index (χ0) is 98.0. The number of nitrogens with zero attached hydrogens (tertiary/aromatic N) is 17. The van der Waals surface area contributed by atoms with Gasteiger partial charge in [0.05, 0.1) is 0 Å². The van der Waals surface area contributed by atoms with Gasteiger partial charge in [-0.1, -0.05) is 0 Å². The molecule has 8 heterocycles. The van der Waals surface area contributed by atoms with Gasteiger partial charge in [-0.15, -0.1) is 0 Å². The first-order chi connectivity index (χ1) is 66.5. The molecule has 0 aliphatic carbocycles. The molecule has 10 aromatic carbocycles. The maximum atomic E-state index is 12.8. The van der Waals surface area contributed by atoms with Crippen LogP contribution in [0.2, 0.25) is 0 Å². The van der Waals surface area contributed by atoms with E-state index in [0.717, 1.165) is 103 Å². The van der Waals surface area contributed by atoms with Crippen molar-refractivity contribution in [3.8, 4) is 12.1 Å². The molecule has 18 rings (SSSR count). The molecule has 0 N–H and O–H groups in total. The minimum atomic E-state index is -0.423. The van der Waals surface area contributed by atoms with E-state index < -0.39 is 47.3 Å². The number of thiocarbonyl (C=S) groups is 4. The van der Waals surface area contributed by atoms with Gasteiger partial charge in [-0.3, -0.25) is 0 Å². The van der Waals surface area contributed by atoms with Crippen molar-refractivity contribution in [2.24, 2.45) is 0 Å². The number of hydrogen-bond acceptors (Lipinski definition) is 18. The topological polar surface area (TPSA) is 236 Å². The summed E-state index contributed by atoms with van der Waals surface area (Å²) in [6.45, 7) is 21.8. The van der Waals surface area contributed by atoms with Crippen LogP contribution >= 0.6 is 48.9 Å². The minimum absolute atomic E-state index is 0.0724. The van der Waals surface area contributed by atoms with Crippen LogP contribution in [0.3, 0.4) is 0 Å². The molecule has 8 amide bonds. The van der Waals surface area contributed by atoms with Crippen molar-refractivity contribution in [3.63, 3.8) is 0 Å². The van der Waals surface area contributed by atoms with Crippen LogP contribution in [-0.2, 0) is 38.4 Å². The summed E-state index contributed by atoms with van der Waals surface area (Å²) < 4.78 is 7.72. The second kappa shape index (κ2) is 42.6. The van der Waals surface area contributed by atoms with Crippen LogP contribution in [0.25, 0.3) is 60.4 Å². The van der Waals surface area contributed by atoms with Crippen molar-refractivity contribution >= 4 is 301 Å². The van der Waals surface area contributed by atoms with Gasteiger partial charge in [0.25, 0.3) is 0 Å². The first kappa shape index (κ1) is 97.0. The third-order valence-electron chi connectivity index (χ3n) is 22.3. The third kappa shape index (κ3) is 20.2. The molecule has 4 aliphatic heterocycles. The van der Waals surface area contributed by atoms with Crippen LogP contribution in [-0.4, -0.2) is 221 Å². The summed E-state index contributed by atoms with van der Waals surface area (Å²) in [5, 5.41) is 23.5. The number of carbonyl (C=O) groups excluding carboxylic acids is 8. The number of likely N-dealkylation sites (N-methyl/N-ethyl adjacent to an activating group) is 8. The van der Waals surface area contributed by atoms with E-state index in [1.807, 2.05) is 224 Å². The molecular weight excluding hydrogens is 2070 g/mol. The Morgan fingerprint density at radius 1 is 0.275 bits per heavy atom. The van der Waals surface area contributed by atoms with Crippen LogP contribution in [0.5, 0.6) is 0 Å². The summed E-state index contributed by atoms with van der Waals surface area (Å²) in [5.74, 6) is -3.20. The van der Waals surface area contributed by atoms with E-state index >= 15 is 0 Å². The second-order valence-corrected chi connectivity index (χ2v) is 41.5. The van der Waals surface area contributed by atoms with Crippen LogP contribution in [0.4, 0.5) is 80.8 Å². The Bertz CT molecular complexity index is 7380. The summed E-state index contributed by atoms with van der Waals surface area (Å²) in [7, 11) is 12.6. The molecule has 4 aliphatic rings. The fourth-order valence-corrected chi connectivity index (χ4v) is 24.0. The summed E-state index contributed by atoms with van der Waals surface area (Å²) in [5.41, 5.74) is 10.8. The average molecular weight is 2150 g/mol. The van der Waals surface area contributed by atoms with Crippen molar-refractivity contribution in [2.75, 3.05) is 76.0 Å². The molecule has 138 heavy (non-hydrogen) atoms. The molecule has 0 spiro atoms. The number of fused-ring (bicyclic) bond motifs is 2. The van der Waals surface area contributed by atoms with E-state index in [1.54, 1.807) is 117 Å². The van der Waals surface area contributed by atoms with Gasteiger partial charge < -0.3 is 0 Å².